The van der Waals surface area contributed by atoms with Crippen molar-refractivity contribution in [2.75, 3.05) is 11.1 Å². The number of nitrogens with one attached hydrogen (secondary N) is 1. The number of allylic oxidation sites excluding steroid dienone is 1. The van der Waals surface area contributed by atoms with E-state index >= 15 is 0 Å². The van der Waals surface area contributed by atoms with E-state index in [2.05, 4.69) is 22.1 Å². The number of halogens is 4. The first-order valence-electron chi connectivity index (χ1n) is 8.85. The van der Waals surface area contributed by atoms with Crippen molar-refractivity contribution in [2.45, 2.75) is 18.3 Å². The first-order chi connectivity index (χ1) is 14.9. The number of carbonyl (C=O) groups excluding carboxylic acids is 1. The van der Waals surface area contributed by atoms with Crippen molar-refractivity contribution in [1.82, 2.24) is 14.8 Å². The molecule has 0 aliphatic carbocycles. The van der Waals surface area contributed by atoms with E-state index < -0.39 is 5.82 Å². The van der Waals surface area contributed by atoms with E-state index in [0.717, 1.165) is 0 Å². The molecule has 0 fully saturated rings. The third-order valence-electron chi connectivity index (χ3n) is 3.83. The van der Waals surface area contributed by atoms with E-state index in [9.17, 15) is 9.18 Å². The maximum absolute atomic E-state index is 13.2. The standard InChI is InChI=1S/C20H16Cl3FN4O2S/c1-2-5-28-18(10-30-17-4-3-14(24)9-16(17)23)26-27-20(28)31-11-19(29)25-15-7-12(21)6-13(22)8-15/h2-4,6-9H,1,5,10-11H2,(H,25,29). The highest BCUT2D eigenvalue weighted by Crippen LogP contribution is 2.26. The molecule has 0 bridgehead atoms. The smallest absolute Gasteiger partial charge is 0.234 e. The van der Waals surface area contributed by atoms with Gasteiger partial charge in [0.1, 0.15) is 18.2 Å². The SMILES string of the molecule is C=CCn1c(COc2ccc(F)cc2Cl)nnc1SCC(=O)Nc1cc(Cl)cc(Cl)c1. The molecule has 31 heavy (non-hydrogen) atoms. The van der Waals surface area contributed by atoms with E-state index in [1.54, 1.807) is 28.8 Å². The normalized spacial score (nSPS) is 10.7. The zero-order valence-corrected chi connectivity index (χ0v) is 19.0. The Labute approximate surface area is 197 Å². The lowest BCUT2D eigenvalue weighted by atomic mass is 10.3. The topological polar surface area (TPSA) is 69.0 Å². The number of nitrogens with zero attached hydrogens (tertiary/aromatic N) is 3. The molecule has 1 amide bonds. The Morgan fingerprint density at radius 3 is 2.61 bits per heavy atom. The molecule has 0 atom stereocenters. The van der Waals surface area contributed by atoms with E-state index in [0.29, 0.717) is 39.0 Å². The molecule has 0 unspecified atom stereocenters. The van der Waals surface area contributed by atoms with Crippen LogP contribution in [0.2, 0.25) is 15.1 Å². The lowest BCUT2D eigenvalue weighted by molar-refractivity contribution is -0.113. The van der Waals surface area contributed by atoms with Crippen molar-refractivity contribution in [3.63, 3.8) is 0 Å². The second-order valence-corrected chi connectivity index (χ2v) is 8.38. The van der Waals surface area contributed by atoms with Crippen LogP contribution in [0.4, 0.5) is 10.1 Å². The molecule has 0 saturated carbocycles. The molecule has 1 N–H and O–H groups in total. The average Bonchev–Trinajstić information content (AvgIpc) is 3.07. The fourth-order valence-corrected chi connectivity index (χ4v) is 4.05. The van der Waals surface area contributed by atoms with E-state index in [1.165, 1.54) is 30.0 Å². The van der Waals surface area contributed by atoms with Gasteiger partial charge in [0.2, 0.25) is 5.91 Å². The van der Waals surface area contributed by atoms with E-state index in [4.69, 9.17) is 39.5 Å². The number of amides is 1. The third-order valence-corrected chi connectivity index (χ3v) is 5.53. The lowest BCUT2D eigenvalue weighted by Gasteiger charge is -2.10. The molecule has 2 aromatic carbocycles. The second kappa shape index (κ2) is 10.9. The van der Waals surface area contributed by atoms with E-state index in [-0.39, 0.29) is 23.3 Å². The molecule has 0 saturated heterocycles. The summed E-state index contributed by atoms with van der Waals surface area (Å²) in [6.45, 7) is 4.20. The zero-order chi connectivity index (χ0) is 22.4. The number of rotatable bonds is 9. The van der Waals surface area contributed by atoms with E-state index in [1.807, 2.05) is 0 Å². The summed E-state index contributed by atoms with van der Waals surface area (Å²) >= 11 is 19.1. The summed E-state index contributed by atoms with van der Waals surface area (Å²) < 4.78 is 20.6. The molecule has 0 radical (unpaired) electrons. The van der Waals surface area contributed by atoms with Crippen LogP contribution in [-0.4, -0.2) is 26.4 Å². The maximum atomic E-state index is 13.2. The minimum Gasteiger partial charge on any atom is -0.484 e. The van der Waals surface area contributed by atoms with Crippen LogP contribution >= 0.6 is 46.6 Å². The summed E-state index contributed by atoms with van der Waals surface area (Å²) in [6.07, 6.45) is 1.68. The molecule has 0 aliphatic heterocycles. The molecular formula is C20H16Cl3FN4O2S. The molecule has 3 rings (SSSR count). The second-order valence-electron chi connectivity index (χ2n) is 6.16. The number of ether oxygens (including phenoxy) is 1. The van der Waals surface area contributed by atoms with Crippen molar-refractivity contribution in [3.8, 4) is 5.75 Å². The van der Waals surface area contributed by atoms with Crippen LogP contribution in [0.15, 0.2) is 54.2 Å². The van der Waals surface area contributed by atoms with Crippen LogP contribution in [0.1, 0.15) is 5.82 Å². The summed E-state index contributed by atoms with van der Waals surface area (Å²) in [5, 5.41) is 12.5. The van der Waals surface area contributed by atoms with Crippen molar-refractivity contribution in [2.24, 2.45) is 0 Å². The van der Waals surface area contributed by atoms with Gasteiger partial charge in [0.05, 0.1) is 10.8 Å². The summed E-state index contributed by atoms with van der Waals surface area (Å²) in [6, 6.07) is 8.64. The molecule has 0 aliphatic rings. The minimum absolute atomic E-state index is 0.0555. The molecule has 1 aromatic heterocycles. The summed E-state index contributed by atoms with van der Waals surface area (Å²) in [5.74, 6) is 0.204. The molecule has 162 valence electrons. The Balaban J connectivity index is 1.64. The van der Waals surface area contributed by atoms with Gasteiger partial charge in [0.15, 0.2) is 11.0 Å². The summed E-state index contributed by atoms with van der Waals surface area (Å²) in [7, 11) is 0. The fraction of sp³-hybridized carbons (Fsp3) is 0.150. The van der Waals surface area contributed by atoms with Crippen LogP contribution in [-0.2, 0) is 17.9 Å². The van der Waals surface area contributed by atoms with Crippen LogP contribution in [0.3, 0.4) is 0 Å². The highest BCUT2D eigenvalue weighted by molar-refractivity contribution is 7.99. The first kappa shape index (κ1) is 23.4. The van der Waals surface area contributed by atoms with Gasteiger partial charge >= 0.3 is 0 Å². The van der Waals surface area contributed by atoms with Gasteiger partial charge in [-0.1, -0.05) is 52.6 Å². The predicted octanol–water partition coefficient (Wildman–Crippen LogP) is 5.87. The van der Waals surface area contributed by atoms with Gasteiger partial charge in [-0.3, -0.25) is 9.36 Å². The number of carbonyl (C=O) groups is 1. The van der Waals surface area contributed by atoms with Crippen molar-refractivity contribution >= 4 is 58.2 Å². The van der Waals surface area contributed by atoms with Gasteiger partial charge in [0.25, 0.3) is 0 Å². The number of aromatic nitrogens is 3. The number of hydrogen-bond donors (Lipinski definition) is 1. The van der Waals surface area contributed by atoms with Gasteiger partial charge in [-0.2, -0.15) is 0 Å². The van der Waals surface area contributed by atoms with Gasteiger partial charge in [-0.05, 0) is 36.4 Å². The number of benzene rings is 2. The van der Waals surface area contributed by atoms with Gasteiger partial charge in [-0.15, -0.1) is 16.8 Å². The van der Waals surface area contributed by atoms with Crippen LogP contribution < -0.4 is 10.1 Å². The highest BCUT2D eigenvalue weighted by atomic mass is 35.5. The van der Waals surface area contributed by atoms with Gasteiger partial charge in [0, 0.05) is 22.3 Å². The van der Waals surface area contributed by atoms with Gasteiger partial charge < -0.3 is 10.1 Å². The molecule has 3 aromatic rings. The zero-order valence-electron chi connectivity index (χ0n) is 15.9. The summed E-state index contributed by atoms with van der Waals surface area (Å²) in [5.41, 5.74) is 0.501. The number of hydrogen-bond acceptors (Lipinski definition) is 5. The molecule has 11 heteroatoms. The predicted molar refractivity (Wildman–Crippen MR) is 122 cm³/mol. The number of thioether (sulfide) groups is 1. The monoisotopic (exact) mass is 500 g/mol. The Hall–Kier alpha value is -2.26. The average molecular weight is 502 g/mol. The van der Waals surface area contributed by atoms with Crippen LogP contribution in [0.25, 0.3) is 0 Å². The summed E-state index contributed by atoms with van der Waals surface area (Å²) in [4.78, 5) is 12.3. The molecular weight excluding hydrogens is 486 g/mol. The van der Waals surface area contributed by atoms with Crippen LogP contribution in [0, 0.1) is 5.82 Å². The van der Waals surface area contributed by atoms with Crippen molar-refractivity contribution in [3.05, 3.63) is 75.8 Å². The third kappa shape index (κ3) is 6.61. The van der Waals surface area contributed by atoms with Crippen molar-refractivity contribution < 1.29 is 13.9 Å². The molecule has 6 nitrogen and oxygen atoms in total. The quantitative estimate of drug-likeness (QED) is 0.293. The van der Waals surface area contributed by atoms with Crippen LogP contribution in [0.5, 0.6) is 5.75 Å². The Morgan fingerprint density at radius 2 is 1.94 bits per heavy atom. The minimum atomic E-state index is -0.454. The maximum Gasteiger partial charge on any atom is 0.234 e. The number of anilines is 1. The fourth-order valence-electron chi connectivity index (χ4n) is 2.53. The Kier molecular flexibility index (Phi) is 8.20. The van der Waals surface area contributed by atoms with Gasteiger partial charge in [-0.25, -0.2) is 4.39 Å². The molecule has 0 spiro atoms. The Morgan fingerprint density at radius 1 is 1.19 bits per heavy atom. The first-order valence-corrected chi connectivity index (χ1v) is 11.0. The van der Waals surface area contributed by atoms with Crippen molar-refractivity contribution in [1.29, 1.82) is 0 Å². The largest absolute Gasteiger partial charge is 0.484 e. The molecule has 1 heterocycles. The highest BCUT2D eigenvalue weighted by Gasteiger charge is 2.15. The Bertz CT molecular complexity index is 1090. The lowest BCUT2D eigenvalue weighted by Crippen LogP contribution is -2.15.